The van der Waals surface area contributed by atoms with Crippen LogP contribution in [0.4, 0.5) is 0 Å². The number of nitrogens with one attached hydrogen (secondary N) is 2. The van der Waals surface area contributed by atoms with Crippen molar-refractivity contribution in [3.05, 3.63) is 42.2 Å². The highest BCUT2D eigenvalue weighted by molar-refractivity contribution is 5.99. The average molecular weight is 382 g/mol. The summed E-state index contributed by atoms with van der Waals surface area (Å²) in [4.78, 5) is 33.0. The first-order valence-corrected chi connectivity index (χ1v) is 9.34. The minimum Gasteiger partial charge on any atom is -0.463 e. The molecule has 3 aromatic rings. The van der Waals surface area contributed by atoms with Crippen LogP contribution in [0.5, 0.6) is 0 Å². The van der Waals surface area contributed by atoms with E-state index in [0.29, 0.717) is 29.6 Å². The number of rotatable bonds is 6. The van der Waals surface area contributed by atoms with Crippen LogP contribution < -0.4 is 16.4 Å². The Balaban J connectivity index is 1.61. The number of imidazole rings is 1. The smallest absolute Gasteiger partial charge is 0.271 e. The molecule has 28 heavy (non-hydrogen) atoms. The van der Waals surface area contributed by atoms with E-state index in [4.69, 9.17) is 10.2 Å². The van der Waals surface area contributed by atoms with Crippen molar-refractivity contribution in [2.75, 3.05) is 19.6 Å². The molecule has 1 fully saturated rings. The van der Waals surface area contributed by atoms with E-state index in [1.165, 1.54) is 29.8 Å². The first-order valence-electron chi connectivity index (χ1n) is 9.34. The number of hydrogen-bond acceptors (Lipinski definition) is 6. The molecule has 0 spiro atoms. The summed E-state index contributed by atoms with van der Waals surface area (Å²) in [6.07, 6.45) is 6.16. The summed E-state index contributed by atoms with van der Waals surface area (Å²) in [7, 11) is 0. The molecule has 1 atom stereocenters. The highest BCUT2D eigenvalue weighted by Crippen LogP contribution is 2.22. The maximum Gasteiger partial charge on any atom is 0.271 e. The summed E-state index contributed by atoms with van der Waals surface area (Å²) < 4.78 is 6.87. The Morgan fingerprint density at radius 3 is 3.04 bits per heavy atom. The van der Waals surface area contributed by atoms with Gasteiger partial charge >= 0.3 is 0 Å². The van der Waals surface area contributed by atoms with Crippen molar-refractivity contribution in [2.24, 2.45) is 11.7 Å². The highest BCUT2D eigenvalue weighted by atomic mass is 16.3. The van der Waals surface area contributed by atoms with Gasteiger partial charge in [-0.15, -0.1) is 0 Å². The van der Waals surface area contributed by atoms with Crippen molar-refractivity contribution >= 4 is 17.5 Å². The van der Waals surface area contributed by atoms with Crippen LogP contribution in [0.3, 0.4) is 0 Å². The van der Waals surface area contributed by atoms with Gasteiger partial charge in [0.15, 0.2) is 17.1 Å². The second-order valence-electron chi connectivity index (χ2n) is 6.91. The number of nitrogens with two attached hydrogens (primary N) is 1. The summed E-state index contributed by atoms with van der Waals surface area (Å²) in [6, 6.07) is 5.08. The van der Waals surface area contributed by atoms with Gasteiger partial charge in [0, 0.05) is 6.54 Å². The quantitative estimate of drug-likeness (QED) is 0.588. The number of carbonyl (C=O) groups excluding carboxylic acids is 2. The lowest BCUT2D eigenvalue weighted by molar-refractivity contribution is 0.0942. The maximum atomic E-state index is 12.9. The number of carbonyl (C=O) groups is 2. The largest absolute Gasteiger partial charge is 0.463 e. The van der Waals surface area contributed by atoms with Crippen molar-refractivity contribution in [3.8, 4) is 11.5 Å². The van der Waals surface area contributed by atoms with Crippen molar-refractivity contribution < 1.29 is 14.0 Å². The van der Waals surface area contributed by atoms with E-state index in [0.717, 1.165) is 19.5 Å². The summed E-state index contributed by atoms with van der Waals surface area (Å²) >= 11 is 0. The minimum atomic E-state index is -0.706. The number of fused-ring (bicyclic) bond motifs is 1. The molecule has 1 aliphatic heterocycles. The first-order chi connectivity index (χ1) is 13.6. The fourth-order valence-corrected chi connectivity index (χ4v) is 3.52. The van der Waals surface area contributed by atoms with Crippen LogP contribution in [0.25, 0.3) is 17.1 Å². The van der Waals surface area contributed by atoms with Crippen LogP contribution >= 0.6 is 0 Å². The Labute approximate surface area is 161 Å². The van der Waals surface area contributed by atoms with Gasteiger partial charge in [-0.3, -0.25) is 14.0 Å². The predicted octanol–water partition coefficient (Wildman–Crippen LogP) is 1.21. The second kappa shape index (κ2) is 7.81. The standard InChI is InChI=1S/C19H22N6O3/c20-17(26)16-18-24-13(15-4-2-8-28-15)9-14(25(18)11-23-16)19(27)22-7-5-12-3-1-6-21-10-12/h2,4,8-9,11-12,21H,1,3,5-7,10H2,(H2,20,26)(H,22,27). The van der Waals surface area contributed by atoms with E-state index < -0.39 is 5.91 Å². The van der Waals surface area contributed by atoms with Crippen LogP contribution in [0.1, 0.15) is 40.2 Å². The monoisotopic (exact) mass is 382 g/mol. The fourth-order valence-electron chi connectivity index (χ4n) is 3.52. The molecule has 9 heteroatoms. The van der Waals surface area contributed by atoms with Gasteiger partial charge in [0.25, 0.3) is 11.8 Å². The molecule has 2 amide bonds. The van der Waals surface area contributed by atoms with Crippen molar-refractivity contribution in [1.29, 1.82) is 0 Å². The summed E-state index contributed by atoms with van der Waals surface area (Å²) in [5.74, 6) is 0.0847. The van der Waals surface area contributed by atoms with Gasteiger partial charge in [-0.2, -0.15) is 0 Å². The van der Waals surface area contributed by atoms with Crippen LogP contribution in [0.15, 0.2) is 35.2 Å². The molecule has 1 unspecified atom stereocenters. The molecule has 4 heterocycles. The molecule has 0 radical (unpaired) electrons. The third-order valence-electron chi connectivity index (χ3n) is 4.98. The molecule has 4 N–H and O–H groups in total. The van der Waals surface area contributed by atoms with E-state index >= 15 is 0 Å². The maximum absolute atomic E-state index is 12.9. The molecule has 9 nitrogen and oxygen atoms in total. The number of primary amides is 1. The van der Waals surface area contributed by atoms with Gasteiger partial charge in [-0.05, 0) is 56.5 Å². The summed E-state index contributed by atoms with van der Waals surface area (Å²) in [5, 5.41) is 6.34. The molecule has 1 saturated heterocycles. The topological polar surface area (TPSA) is 128 Å². The lowest BCUT2D eigenvalue weighted by Gasteiger charge is -2.22. The number of hydrogen-bond donors (Lipinski definition) is 3. The lowest BCUT2D eigenvalue weighted by Crippen LogP contribution is -2.33. The van der Waals surface area contributed by atoms with Crippen molar-refractivity contribution in [3.63, 3.8) is 0 Å². The number of amides is 2. The van der Waals surface area contributed by atoms with E-state index in [1.807, 2.05) is 0 Å². The van der Waals surface area contributed by atoms with Crippen molar-refractivity contribution in [2.45, 2.75) is 19.3 Å². The zero-order valence-electron chi connectivity index (χ0n) is 15.4. The van der Waals surface area contributed by atoms with Gasteiger partial charge in [-0.1, -0.05) is 0 Å². The molecule has 4 rings (SSSR count). The molecule has 146 valence electrons. The SMILES string of the molecule is NC(=O)c1ncn2c(C(=O)NCCC3CCCNC3)cc(-c3ccco3)nc12. The number of aromatic nitrogens is 3. The normalized spacial score (nSPS) is 16.9. The summed E-state index contributed by atoms with van der Waals surface area (Å²) in [6.45, 7) is 2.63. The van der Waals surface area contributed by atoms with Crippen LogP contribution in [-0.4, -0.2) is 45.8 Å². The third-order valence-corrected chi connectivity index (χ3v) is 4.98. The van der Waals surface area contributed by atoms with Gasteiger partial charge in [0.05, 0.1) is 6.26 Å². The Kier molecular flexibility index (Phi) is 5.07. The summed E-state index contributed by atoms with van der Waals surface area (Å²) in [5.41, 5.74) is 6.38. The second-order valence-corrected chi connectivity index (χ2v) is 6.91. The molecule has 3 aromatic heterocycles. The zero-order valence-corrected chi connectivity index (χ0v) is 15.4. The van der Waals surface area contributed by atoms with Gasteiger partial charge in [-0.25, -0.2) is 9.97 Å². The molecule has 0 aliphatic carbocycles. The molecule has 0 aromatic carbocycles. The molecular weight excluding hydrogens is 360 g/mol. The number of piperidine rings is 1. The molecule has 1 aliphatic rings. The predicted molar refractivity (Wildman–Crippen MR) is 102 cm³/mol. The van der Waals surface area contributed by atoms with Crippen LogP contribution in [0, 0.1) is 5.92 Å². The number of furan rings is 1. The van der Waals surface area contributed by atoms with Crippen molar-refractivity contribution in [1.82, 2.24) is 25.0 Å². The minimum absolute atomic E-state index is 0.00994. The third kappa shape index (κ3) is 3.61. The van der Waals surface area contributed by atoms with Gasteiger partial charge in [0.1, 0.15) is 17.7 Å². The zero-order chi connectivity index (χ0) is 19.5. The first kappa shape index (κ1) is 18.2. The number of nitrogens with zero attached hydrogens (tertiary/aromatic N) is 3. The van der Waals surface area contributed by atoms with Gasteiger partial charge < -0.3 is 20.8 Å². The van der Waals surface area contributed by atoms with E-state index in [-0.39, 0.29) is 17.2 Å². The Morgan fingerprint density at radius 1 is 1.43 bits per heavy atom. The Morgan fingerprint density at radius 2 is 2.32 bits per heavy atom. The molecular formula is C19H22N6O3. The van der Waals surface area contributed by atoms with E-state index in [9.17, 15) is 9.59 Å². The average Bonchev–Trinajstić information content (AvgIpc) is 3.37. The van der Waals surface area contributed by atoms with Gasteiger partial charge in [0.2, 0.25) is 0 Å². The Bertz CT molecular complexity index is 989. The Hall–Kier alpha value is -3.20. The molecule has 0 bridgehead atoms. The molecule has 0 saturated carbocycles. The van der Waals surface area contributed by atoms with Crippen LogP contribution in [0.2, 0.25) is 0 Å². The van der Waals surface area contributed by atoms with E-state index in [2.05, 4.69) is 20.6 Å². The lowest BCUT2D eigenvalue weighted by atomic mass is 9.96. The highest BCUT2D eigenvalue weighted by Gasteiger charge is 2.20. The van der Waals surface area contributed by atoms with Crippen LogP contribution in [-0.2, 0) is 0 Å². The van der Waals surface area contributed by atoms with E-state index in [1.54, 1.807) is 18.2 Å². The fraction of sp³-hybridized carbons (Fsp3) is 0.368.